The first-order valence-corrected chi connectivity index (χ1v) is 9.67. The van der Waals surface area contributed by atoms with Gasteiger partial charge in [-0.2, -0.15) is 0 Å². The first-order chi connectivity index (χ1) is 7.09. The lowest BCUT2D eigenvalue weighted by atomic mass is 9.94. The molecule has 1 rings (SSSR count). The van der Waals surface area contributed by atoms with E-state index in [-0.39, 0.29) is 0 Å². The summed E-state index contributed by atoms with van der Waals surface area (Å²) in [6, 6.07) is 0. The average molecular weight is 240 g/mol. The molecule has 3 atom stereocenters. The van der Waals surface area contributed by atoms with Crippen LogP contribution in [0.4, 0.5) is 0 Å². The molecule has 1 saturated carbocycles. The summed E-state index contributed by atoms with van der Waals surface area (Å²) in [5, 5.41) is 0.442. The zero-order valence-electron chi connectivity index (χ0n) is 12.1. The van der Waals surface area contributed by atoms with Crippen LogP contribution in [0.25, 0.3) is 0 Å². The smallest absolute Gasteiger partial charge is 0.133 e. The highest BCUT2D eigenvalue weighted by Crippen LogP contribution is 2.54. The molecule has 0 amide bonds. The second-order valence-corrected chi connectivity index (χ2v) is 12.9. The maximum absolute atomic E-state index is 11.6. The van der Waals surface area contributed by atoms with Crippen LogP contribution in [0.15, 0.2) is 0 Å². The summed E-state index contributed by atoms with van der Waals surface area (Å²) in [4.78, 5) is 11.6. The van der Waals surface area contributed by atoms with Crippen molar-refractivity contribution in [3.63, 3.8) is 0 Å². The fourth-order valence-corrected chi connectivity index (χ4v) is 6.86. The molecule has 1 fully saturated rings. The van der Waals surface area contributed by atoms with E-state index in [1.165, 1.54) is 6.42 Å². The average Bonchev–Trinajstić information content (AvgIpc) is 2.44. The van der Waals surface area contributed by atoms with E-state index in [1.807, 2.05) is 0 Å². The molecule has 94 valence electrons. The van der Waals surface area contributed by atoms with Crippen molar-refractivity contribution in [1.82, 2.24) is 0 Å². The minimum absolute atomic E-state index is 0.346. The number of carbonyl (C=O) groups is 1. The highest BCUT2D eigenvalue weighted by Gasteiger charge is 2.49. The standard InChI is InChI=1S/C14H28OSi/c1-10-12(11(2)15)8-9-13(10)16(6,7)14(3,4)5/h10,12-13H,8-9H2,1-7H3/t10-,12+,13+/m0/s1. The lowest BCUT2D eigenvalue weighted by Crippen LogP contribution is -2.43. The van der Waals surface area contributed by atoms with E-state index in [0.29, 0.717) is 22.7 Å². The maximum atomic E-state index is 11.6. The lowest BCUT2D eigenvalue weighted by Gasteiger charge is -2.44. The zero-order valence-corrected chi connectivity index (χ0v) is 13.1. The van der Waals surface area contributed by atoms with Crippen LogP contribution in [-0.4, -0.2) is 13.9 Å². The molecular weight excluding hydrogens is 212 g/mol. The van der Waals surface area contributed by atoms with E-state index in [9.17, 15) is 4.79 Å². The van der Waals surface area contributed by atoms with Gasteiger partial charge in [-0.25, -0.2) is 0 Å². The molecule has 0 radical (unpaired) electrons. The van der Waals surface area contributed by atoms with Gasteiger partial charge in [-0.1, -0.05) is 47.2 Å². The first-order valence-electron chi connectivity index (χ1n) is 6.59. The van der Waals surface area contributed by atoms with Crippen LogP contribution in [0.3, 0.4) is 0 Å². The largest absolute Gasteiger partial charge is 0.300 e. The second kappa shape index (κ2) is 4.28. The fraction of sp³-hybridized carbons (Fsp3) is 0.929. The Balaban J connectivity index is 2.89. The van der Waals surface area contributed by atoms with Gasteiger partial charge in [0.05, 0.1) is 8.07 Å². The van der Waals surface area contributed by atoms with E-state index in [2.05, 4.69) is 40.8 Å². The number of hydrogen-bond acceptors (Lipinski definition) is 1. The third kappa shape index (κ3) is 2.27. The summed E-state index contributed by atoms with van der Waals surface area (Å²) in [6.07, 6.45) is 2.41. The predicted molar refractivity (Wildman–Crippen MR) is 73.5 cm³/mol. The van der Waals surface area contributed by atoms with Crippen molar-refractivity contribution in [3.8, 4) is 0 Å². The van der Waals surface area contributed by atoms with Crippen molar-refractivity contribution in [2.24, 2.45) is 11.8 Å². The molecule has 0 heterocycles. The molecule has 1 aliphatic rings. The van der Waals surface area contributed by atoms with Gasteiger partial charge in [0, 0.05) is 5.92 Å². The van der Waals surface area contributed by atoms with Crippen molar-refractivity contribution >= 4 is 13.9 Å². The minimum Gasteiger partial charge on any atom is -0.300 e. The molecule has 2 heteroatoms. The van der Waals surface area contributed by atoms with Gasteiger partial charge in [0.1, 0.15) is 5.78 Å². The Hall–Kier alpha value is -0.113. The summed E-state index contributed by atoms with van der Waals surface area (Å²) >= 11 is 0. The van der Waals surface area contributed by atoms with E-state index in [4.69, 9.17) is 0 Å². The third-order valence-corrected chi connectivity index (χ3v) is 12.0. The van der Waals surface area contributed by atoms with Gasteiger partial charge in [-0.3, -0.25) is 4.79 Å². The quantitative estimate of drug-likeness (QED) is 0.650. The summed E-state index contributed by atoms with van der Waals surface area (Å²) in [7, 11) is -1.27. The Morgan fingerprint density at radius 3 is 2.00 bits per heavy atom. The van der Waals surface area contributed by atoms with Gasteiger partial charge in [0.25, 0.3) is 0 Å². The molecule has 0 aromatic carbocycles. The Bertz CT molecular complexity index is 275. The van der Waals surface area contributed by atoms with Crippen LogP contribution >= 0.6 is 0 Å². The molecule has 1 nitrogen and oxygen atoms in total. The maximum Gasteiger partial charge on any atom is 0.133 e. The van der Waals surface area contributed by atoms with E-state index >= 15 is 0 Å². The molecule has 0 bridgehead atoms. The fourth-order valence-electron chi connectivity index (χ4n) is 3.31. The van der Waals surface area contributed by atoms with Crippen LogP contribution in [0.1, 0.15) is 47.5 Å². The van der Waals surface area contributed by atoms with Crippen LogP contribution in [-0.2, 0) is 4.79 Å². The molecule has 0 N–H and O–H groups in total. The van der Waals surface area contributed by atoms with E-state index in [0.717, 1.165) is 12.0 Å². The van der Waals surface area contributed by atoms with Crippen molar-refractivity contribution in [2.75, 3.05) is 0 Å². The number of rotatable bonds is 2. The van der Waals surface area contributed by atoms with Gasteiger partial charge in [-0.15, -0.1) is 0 Å². The molecule has 1 aliphatic carbocycles. The number of Topliss-reactive ketones (excluding diaryl/α,β-unsaturated/α-hetero) is 1. The predicted octanol–water partition coefficient (Wildman–Crippen LogP) is 4.50. The third-order valence-electron chi connectivity index (χ3n) is 5.44. The van der Waals surface area contributed by atoms with Gasteiger partial charge < -0.3 is 0 Å². The lowest BCUT2D eigenvalue weighted by molar-refractivity contribution is -0.121. The summed E-state index contributed by atoms with van der Waals surface area (Å²) in [5.74, 6) is 1.37. The molecule has 0 saturated heterocycles. The molecule has 0 spiro atoms. The van der Waals surface area contributed by atoms with E-state index < -0.39 is 8.07 Å². The Morgan fingerprint density at radius 2 is 1.69 bits per heavy atom. The topological polar surface area (TPSA) is 17.1 Å². The van der Waals surface area contributed by atoms with Gasteiger partial charge in [0.2, 0.25) is 0 Å². The highest BCUT2D eigenvalue weighted by molar-refractivity contribution is 6.81. The molecule has 0 aliphatic heterocycles. The number of hydrogen-bond donors (Lipinski definition) is 0. The normalized spacial score (nSPS) is 31.8. The minimum atomic E-state index is -1.27. The monoisotopic (exact) mass is 240 g/mol. The summed E-state index contributed by atoms with van der Waals surface area (Å²) in [5.41, 5.74) is 0.821. The van der Waals surface area contributed by atoms with Gasteiger partial charge in [0.15, 0.2) is 0 Å². The highest BCUT2D eigenvalue weighted by atomic mass is 28.3. The summed E-state index contributed by atoms with van der Waals surface area (Å²) < 4.78 is 0. The number of ketones is 1. The van der Waals surface area contributed by atoms with Gasteiger partial charge >= 0.3 is 0 Å². The SMILES string of the molecule is CC(=O)[C@@H]1CC[C@@H]([Si](C)(C)C(C)(C)C)[C@H]1C. The molecule has 0 aromatic heterocycles. The van der Waals surface area contributed by atoms with Crippen LogP contribution < -0.4 is 0 Å². The molecule has 16 heavy (non-hydrogen) atoms. The summed E-state index contributed by atoms with van der Waals surface area (Å²) in [6.45, 7) is 16.2. The Labute approximate surface area is 102 Å². The van der Waals surface area contributed by atoms with Crippen molar-refractivity contribution in [1.29, 1.82) is 0 Å². The second-order valence-electron chi connectivity index (χ2n) is 7.23. The van der Waals surface area contributed by atoms with Crippen molar-refractivity contribution in [3.05, 3.63) is 0 Å². The number of carbonyl (C=O) groups excluding carboxylic acids is 1. The van der Waals surface area contributed by atoms with Crippen LogP contribution in [0.5, 0.6) is 0 Å². The van der Waals surface area contributed by atoms with Crippen molar-refractivity contribution < 1.29 is 4.79 Å². The van der Waals surface area contributed by atoms with Gasteiger partial charge in [-0.05, 0) is 29.8 Å². The van der Waals surface area contributed by atoms with Crippen molar-refractivity contribution in [2.45, 2.75) is 71.1 Å². The first kappa shape index (κ1) is 13.9. The van der Waals surface area contributed by atoms with Crippen LogP contribution in [0, 0.1) is 11.8 Å². The Kier molecular flexibility index (Phi) is 3.74. The molecular formula is C14H28OSi. The van der Waals surface area contributed by atoms with Crippen LogP contribution in [0.2, 0.25) is 23.7 Å². The molecule has 0 aromatic rings. The van der Waals surface area contributed by atoms with E-state index in [1.54, 1.807) is 6.92 Å². The Morgan fingerprint density at radius 1 is 1.19 bits per heavy atom. The molecule has 0 unspecified atom stereocenters. The zero-order chi connectivity index (χ0) is 12.7.